The highest BCUT2D eigenvalue weighted by molar-refractivity contribution is 9.10. The van der Waals surface area contributed by atoms with E-state index in [-0.39, 0.29) is 12.5 Å². The van der Waals surface area contributed by atoms with Crippen LogP contribution in [0.1, 0.15) is 25.8 Å². The fourth-order valence-electron chi connectivity index (χ4n) is 3.06. The normalized spacial score (nSPS) is 12.2. The molecule has 0 aliphatic rings. The third-order valence-corrected chi connectivity index (χ3v) is 6.79. The van der Waals surface area contributed by atoms with Gasteiger partial charge in [0.25, 0.3) is 0 Å². The summed E-state index contributed by atoms with van der Waals surface area (Å²) in [6.07, 6.45) is 1.79. The molecule has 0 saturated heterocycles. The van der Waals surface area contributed by atoms with E-state index >= 15 is 0 Å². The lowest BCUT2D eigenvalue weighted by atomic mass is 10.1. The molecule has 0 heterocycles. The molecule has 10 heteroatoms. The number of carbonyl (C=O) groups is 2. The number of para-hydroxylation sites is 1. The summed E-state index contributed by atoms with van der Waals surface area (Å²) in [5.41, 5.74) is 1.07. The van der Waals surface area contributed by atoms with Crippen LogP contribution in [0.4, 0.5) is 5.69 Å². The number of halogens is 2. The number of nitrogens with zero attached hydrogens (tertiary/aromatic N) is 2. The lowest BCUT2D eigenvalue weighted by Gasteiger charge is -2.31. The van der Waals surface area contributed by atoms with E-state index < -0.39 is 28.5 Å². The molecule has 0 unspecified atom stereocenters. The summed E-state index contributed by atoms with van der Waals surface area (Å²) in [7, 11) is -3.77. The molecular formula is C22H27BrClN3O4S. The van der Waals surface area contributed by atoms with E-state index in [9.17, 15) is 18.0 Å². The smallest absolute Gasteiger partial charge is 0.244 e. The molecule has 0 spiro atoms. The van der Waals surface area contributed by atoms with E-state index in [1.54, 1.807) is 55.5 Å². The van der Waals surface area contributed by atoms with Gasteiger partial charge in [0.05, 0.1) is 11.9 Å². The summed E-state index contributed by atoms with van der Waals surface area (Å²) in [4.78, 5) is 27.4. The van der Waals surface area contributed by atoms with Gasteiger partial charge in [0.2, 0.25) is 21.8 Å². The van der Waals surface area contributed by atoms with Crippen LogP contribution < -0.4 is 9.62 Å². The second-order valence-corrected chi connectivity index (χ2v) is 10.5. The predicted octanol–water partition coefficient (Wildman–Crippen LogP) is 3.81. The van der Waals surface area contributed by atoms with Crippen LogP contribution in [-0.2, 0) is 26.2 Å². The number of carbonyl (C=O) groups excluding carboxylic acids is 2. The number of hydrogen-bond acceptors (Lipinski definition) is 4. The number of benzene rings is 2. The molecule has 1 atom stereocenters. The van der Waals surface area contributed by atoms with Crippen molar-refractivity contribution in [2.24, 2.45) is 0 Å². The summed E-state index contributed by atoms with van der Waals surface area (Å²) in [5.74, 6) is -0.820. The summed E-state index contributed by atoms with van der Waals surface area (Å²) in [5, 5.41) is 3.29. The number of amides is 2. The SMILES string of the molecule is CCCNC(=O)[C@@H](C)N(Cc1cccc(Cl)c1)C(=O)CN(c1ccccc1Br)S(C)(=O)=O. The Kier molecular flexibility index (Phi) is 9.54. The predicted molar refractivity (Wildman–Crippen MR) is 131 cm³/mol. The molecule has 0 bridgehead atoms. The van der Waals surface area contributed by atoms with Gasteiger partial charge in [-0.05, 0) is 59.1 Å². The number of sulfonamides is 1. The maximum Gasteiger partial charge on any atom is 0.244 e. The fourth-order valence-corrected chi connectivity index (χ4v) is 4.75. The zero-order valence-electron chi connectivity index (χ0n) is 18.2. The molecular weight excluding hydrogens is 518 g/mol. The van der Waals surface area contributed by atoms with E-state index in [1.165, 1.54) is 4.90 Å². The highest BCUT2D eigenvalue weighted by Gasteiger charge is 2.30. The van der Waals surface area contributed by atoms with Crippen LogP contribution in [0.3, 0.4) is 0 Å². The van der Waals surface area contributed by atoms with Gasteiger partial charge in [-0.15, -0.1) is 0 Å². The summed E-state index contributed by atoms with van der Waals surface area (Å²) in [6, 6.07) is 12.9. The second-order valence-electron chi connectivity index (χ2n) is 7.34. The monoisotopic (exact) mass is 543 g/mol. The highest BCUT2D eigenvalue weighted by Crippen LogP contribution is 2.28. The first-order valence-electron chi connectivity index (χ1n) is 10.1. The summed E-state index contributed by atoms with van der Waals surface area (Å²) in [6.45, 7) is 3.69. The van der Waals surface area contributed by atoms with Crippen LogP contribution in [0.15, 0.2) is 53.0 Å². The van der Waals surface area contributed by atoms with Gasteiger partial charge in [0.1, 0.15) is 12.6 Å². The molecule has 2 rings (SSSR count). The fraction of sp³-hybridized carbons (Fsp3) is 0.364. The first-order valence-corrected chi connectivity index (χ1v) is 13.1. The highest BCUT2D eigenvalue weighted by atomic mass is 79.9. The molecule has 0 aromatic heterocycles. The van der Waals surface area contributed by atoms with Crippen LogP contribution in [0.25, 0.3) is 0 Å². The minimum absolute atomic E-state index is 0.105. The molecule has 1 N–H and O–H groups in total. The van der Waals surface area contributed by atoms with Gasteiger partial charge in [0.15, 0.2) is 0 Å². The van der Waals surface area contributed by atoms with Crippen molar-refractivity contribution in [3.8, 4) is 0 Å². The van der Waals surface area contributed by atoms with Crippen molar-refractivity contribution >= 4 is 55.1 Å². The van der Waals surface area contributed by atoms with Crippen LogP contribution >= 0.6 is 27.5 Å². The van der Waals surface area contributed by atoms with Gasteiger partial charge in [-0.1, -0.05) is 42.8 Å². The van der Waals surface area contributed by atoms with E-state index in [4.69, 9.17) is 11.6 Å². The van der Waals surface area contributed by atoms with E-state index in [0.717, 1.165) is 22.5 Å². The van der Waals surface area contributed by atoms with Crippen molar-refractivity contribution in [3.63, 3.8) is 0 Å². The minimum atomic E-state index is -3.77. The van der Waals surface area contributed by atoms with Crippen molar-refractivity contribution in [3.05, 3.63) is 63.6 Å². The Balaban J connectivity index is 2.38. The first-order chi connectivity index (χ1) is 15.0. The van der Waals surface area contributed by atoms with Crippen molar-refractivity contribution in [2.75, 3.05) is 23.7 Å². The molecule has 174 valence electrons. The van der Waals surface area contributed by atoms with Gasteiger partial charge in [-0.3, -0.25) is 13.9 Å². The van der Waals surface area contributed by atoms with Gasteiger partial charge in [0, 0.05) is 22.6 Å². The topological polar surface area (TPSA) is 86.8 Å². The molecule has 7 nitrogen and oxygen atoms in total. The average Bonchev–Trinajstić information content (AvgIpc) is 2.73. The molecule has 0 saturated carbocycles. The third-order valence-electron chi connectivity index (χ3n) is 4.76. The third kappa shape index (κ3) is 7.21. The van der Waals surface area contributed by atoms with E-state index in [1.807, 2.05) is 6.92 Å². The molecule has 2 aromatic rings. The van der Waals surface area contributed by atoms with Crippen molar-refractivity contribution < 1.29 is 18.0 Å². The second kappa shape index (κ2) is 11.7. The Morgan fingerprint density at radius 1 is 1.16 bits per heavy atom. The Morgan fingerprint density at radius 3 is 2.44 bits per heavy atom. The van der Waals surface area contributed by atoms with Crippen molar-refractivity contribution in [1.29, 1.82) is 0 Å². The van der Waals surface area contributed by atoms with Crippen LogP contribution in [0, 0.1) is 0 Å². The summed E-state index contributed by atoms with van der Waals surface area (Å²) < 4.78 is 26.6. The number of rotatable bonds is 10. The quantitative estimate of drug-likeness (QED) is 0.493. The molecule has 0 aliphatic heterocycles. The summed E-state index contributed by atoms with van der Waals surface area (Å²) >= 11 is 9.43. The molecule has 2 amide bonds. The van der Waals surface area contributed by atoms with E-state index in [2.05, 4.69) is 21.2 Å². The van der Waals surface area contributed by atoms with Gasteiger partial charge >= 0.3 is 0 Å². The maximum absolute atomic E-state index is 13.4. The van der Waals surface area contributed by atoms with Crippen LogP contribution in [0.5, 0.6) is 0 Å². The average molecular weight is 545 g/mol. The largest absolute Gasteiger partial charge is 0.354 e. The standard InChI is InChI=1S/C22H27BrClN3O4S/c1-4-12-25-22(29)16(2)26(14-17-8-7-9-18(24)13-17)21(28)15-27(32(3,30)31)20-11-6-5-10-19(20)23/h5-11,13,16H,4,12,14-15H2,1-3H3,(H,25,29)/t16-/m1/s1. The Morgan fingerprint density at radius 2 is 1.84 bits per heavy atom. The van der Waals surface area contributed by atoms with Gasteiger partial charge in [-0.25, -0.2) is 8.42 Å². The first kappa shape index (κ1) is 26.2. The Labute approximate surface area is 202 Å². The van der Waals surface area contributed by atoms with Gasteiger partial charge in [-0.2, -0.15) is 0 Å². The van der Waals surface area contributed by atoms with E-state index in [0.29, 0.717) is 21.7 Å². The van der Waals surface area contributed by atoms with Crippen molar-refractivity contribution in [2.45, 2.75) is 32.9 Å². The van der Waals surface area contributed by atoms with Crippen molar-refractivity contribution in [1.82, 2.24) is 10.2 Å². The molecule has 0 aliphatic carbocycles. The van der Waals surface area contributed by atoms with Gasteiger partial charge < -0.3 is 10.2 Å². The lowest BCUT2D eigenvalue weighted by molar-refractivity contribution is -0.139. The number of anilines is 1. The minimum Gasteiger partial charge on any atom is -0.354 e. The Bertz CT molecular complexity index is 1060. The molecule has 0 radical (unpaired) electrons. The zero-order chi connectivity index (χ0) is 23.9. The Hall–Kier alpha value is -2.10. The lowest BCUT2D eigenvalue weighted by Crippen LogP contribution is -2.51. The number of hydrogen-bond donors (Lipinski definition) is 1. The molecule has 0 fully saturated rings. The number of nitrogens with one attached hydrogen (secondary N) is 1. The molecule has 32 heavy (non-hydrogen) atoms. The maximum atomic E-state index is 13.4. The molecule has 2 aromatic carbocycles. The van der Waals surface area contributed by atoms with Crippen LogP contribution in [-0.4, -0.2) is 50.5 Å². The zero-order valence-corrected chi connectivity index (χ0v) is 21.4. The van der Waals surface area contributed by atoms with Crippen LogP contribution in [0.2, 0.25) is 5.02 Å².